The van der Waals surface area contributed by atoms with E-state index in [4.69, 9.17) is 0 Å². The minimum atomic E-state index is 0.0528. The Morgan fingerprint density at radius 2 is 1.28 bits per heavy atom. The van der Waals surface area contributed by atoms with Crippen LogP contribution < -0.4 is 0 Å². The maximum absolute atomic E-state index is 11.1. The number of azo groups is 1. The van der Waals surface area contributed by atoms with Gasteiger partial charge in [-0.05, 0) is 50.2 Å². The summed E-state index contributed by atoms with van der Waals surface area (Å²) in [5.41, 5.74) is 3.43. The van der Waals surface area contributed by atoms with E-state index in [-0.39, 0.29) is 5.78 Å². The molecule has 0 aliphatic carbocycles. The van der Waals surface area contributed by atoms with E-state index in [2.05, 4.69) is 10.2 Å². The lowest BCUT2D eigenvalue weighted by Crippen LogP contribution is -1.89. The summed E-state index contributed by atoms with van der Waals surface area (Å²) in [4.78, 5) is 11.1. The third kappa shape index (κ3) is 3.10. The minimum Gasteiger partial charge on any atom is -0.295 e. The highest BCUT2D eigenvalue weighted by Gasteiger charge is 1.97. The molecule has 3 heteroatoms. The zero-order chi connectivity index (χ0) is 13.0. The van der Waals surface area contributed by atoms with Gasteiger partial charge >= 0.3 is 0 Å². The molecular formula is C15H14N2O. The second-order valence-electron chi connectivity index (χ2n) is 4.14. The Bertz CT molecular complexity index is 568. The van der Waals surface area contributed by atoms with Crippen LogP contribution in [0.4, 0.5) is 11.4 Å². The van der Waals surface area contributed by atoms with Crippen LogP contribution in [-0.2, 0) is 0 Å². The third-order valence-electron chi connectivity index (χ3n) is 2.59. The van der Waals surface area contributed by atoms with Gasteiger partial charge in [0.2, 0.25) is 0 Å². The predicted molar refractivity (Wildman–Crippen MR) is 71.8 cm³/mol. The molecule has 90 valence electrons. The molecule has 0 bridgehead atoms. The lowest BCUT2D eigenvalue weighted by atomic mass is 10.1. The van der Waals surface area contributed by atoms with E-state index in [0.717, 1.165) is 11.4 Å². The van der Waals surface area contributed by atoms with Crippen molar-refractivity contribution in [2.45, 2.75) is 13.8 Å². The highest BCUT2D eigenvalue weighted by atomic mass is 16.1. The summed E-state index contributed by atoms with van der Waals surface area (Å²) in [6.45, 7) is 3.57. The van der Waals surface area contributed by atoms with Gasteiger partial charge in [-0.15, -0.1) is 0 Å². The topological polar surface area (TPSA) is 41.8 Å². The Balaban J connectivity index is 2.13. The lowest BCUT2D eigenvalue weighted by Gasteiger charge is -1.96. The van der Waals surface area contributed by atoms with Crippen LogP contribution in [0.15, 0.2) is 58.8 Å². The van der Waals surface area contributed by atoms with Crippen LogP contribution in [0.1, 0.15) is 22.8 Å². The van der Waals surface area contributed by atoms with Crippen LogP contribution in [0, 0.1) is 6.92 Å². The summed E-state index contributed by atoms with van der Waals surface area (Å²) in [6.07, 6.45) is 0. The average molecular weight is 238 g/mol. The maximum atomic E-state index is 11.1. The highest BCUT2D eigenvalue weighted by Crippen LogP contribution is 2.19. The maximum Gasteiger partial charge on any atom is 0.159 e. The van der Waals surface area contributed by atoms with Gasteiger partial charge in [-0.3, -0.25) is 4.79 Å². The van der Waals surface area contributed by atoms with E-state index < -0.39 is 0 Å². The van der Waals surface area contributed by atoms with Gasteiger partial charge in [0.25, 0.3) is 0 Å². The first-order valence-electron chi connectivity index (χ1n) is 5.74. The number of Topliss-reactive ketones (excluding diaryl/α,β-unsaturated/α-hetero) is 1. The number of carbonyl (C=O) groups excluding carboxylic acids is 1. The molecule has 0 atom stereocenters. The van der Waals surface area contributed by atoms with Gasteiger partial charge < -0.3 is 0 Å². The molecular weight excluding hydrogens is 224 g/mol. The summed E-state index contributed by atoms with van der Waals surface area (Å²) in [6, 6.07) is 14.9. The normalized spacial score (nSPS) is 10.8. The van der Waals surface area contributed by atoms with E-state index in [1.807, 2.05) is 31.2 Å². The van der Waals surface area contributed by atoms with Crippen molar-refractivity contribution in [1.29, 1.82) is 0 Å². The van der Waals surface area contributed by atoms with Crippen LogP contribution in [0.25, 0.3) is 0 Å². The Morgan fingerprint density at radius 1 is 0.833 bits per heavy atom. The molecule has 0 saturated heterocycles. The first kappa shape index (κ1) is 12.2. The number of rotatable bonds is 3. The number of benzene rings is 2. The molecule has 0 saturated carbocycles. The Kier molecular flexibility index (Phi) is 3.63. The van der Waals surface area contributed by atoms with Crippen molar-refractivity contribution in [3.8, 4) is 0 Å². The fraction of sp³-hybridized carbons (Fsp3) is 0.133. The zero-order valence-electron chi connectivity index (χ0n) is 10.4. The number of hydrogen-bond donors (Lipinski definition) is 0. The number of nitrogens with zero attached hydrogens (tertiary/aromatic N) is 2. The van der Waals surface area contributed by atoms with Gasteiger partial charge in [0.15, 0.2) is 5.78 Å². The van der Waals surface area contributed by atoms with E-state index >= 15 is 0 Å². The molecule has 0 radical (unpaired) electrons. The quantitative estimate of drug-likeness (QED) is 0.568. The van der Waals surface area contributed by atoms with Gasteiger partial charge in [-0.1, -0.05) is 17.7 Å². The summed E-state index contributed by atoms with van der Waals surface area (Å²) in [5, 5.41) is 8.25. The molecule has 0 aromatic heterocycles. The Hall–Kier alpha value is -2.29. The van der Waals surface area contributed by atoms with E-state index in [1.54, 1.807) is 31.2 Å². The van der Waals surface area contributed by atoms with Gasteiger partial charge in [0.1, 0.15) is 0 Å². The molecule has 0 aliphatic heterocycles. The summed E-state index contributed by atoms with van der Waals surface area (Å²) in [5.74, 6) is 0.0528. The summed E-state index contributed by atoms with van der Waals surface area (Å²) >= 11 is 0. The van der Waals surface area contributed by atoms with Crippen LogP contribution in [0.3, 0.4) is 0 Å². The SMILES string of the molecule is CC(=O)c1ccc(/N=N/c2ccc(C)cc2)cc1. The summed E-state index contributed by atoms with van der Waals surface area (Å²) in [7, 11) is 0. The molecule has 0 unspecified atom stereocenters. The first-order valence-corrected chi connectivity index (χ1v) is 5.74. The van der Waals surface area contributed by atoms with Crippen LogP contribution in [-0.4, -0.2) is 5.78 Å². The van der Waals surface area contributed by atoms with E-state index in [1.165, 1.54) is 5.56 Å². The van der Waals surface area contributed by atoms with Crippen molar-refractivity contribution < 1.29 is 4.79 Å². The third-order valence-corrected chi connectivity index (χ3v) is 2.59. The number of carbonyl (C=O) groups is 1. The fourth-order valence-electron chi connectivity index (χ4n) is 1.49. The second-order valence-corrected chi connectivity index (χ2v) is 4.14. The molecule has 0 heterocycles. The Labute approximate surface area is 106 Å². The van der Waals surface area contributed by atoms with Gasteiger partial charge in [-0.2, -0.15) is 10.2 Å². The van der Waals surface area contributed by atoms with Crippen molar-refractivity contribution in [3.05, 3.63) is 59.7 Å². The number of aryl methyl sites for hydroxylation is 1. The van der Waals surface area contributed by atoms with Gasteiger partial charge in [0.05, 0.1) is 11.4 Å². The lowest BCUT2D eigenvalue weighted by molar-refractivity contribution is 0.101. The van der Waals surface area contributed by atoms with Crippen molar-refractivity contribution in [2.24, 2.45) is 10.2 Å². The smallest absolute Gasteiger partial charge is 0.159 e. The predicted octanol–water partition coefficient (Wildman–Crippen LogP) is 4.61. The minimum absolute atomic E-state index is 0.0528. The second kappa shape index (κ2) is 5.36. The van der Waals surface area contributed by atoms with Crippen molar-refractivity contribution in [1.82, 2.24) is 0 Å². The molecule has 0 aliphatic rings. The van der Waals surface area contributed by atoms with Gasteiger partial charge in [0, 0.05) is 5.56 Å². The average Bonchev–Trinajstić information content (AvgIpc) is 2.38. The molecule has 0 amide bonds. The molecule has 2 aromatic rings. The first-order chi connectivity index (χ1) is 8.65. The van der Waals surface area contributed by atoms with Crippen molar-refractivity contribution in [3.63, 3.8) is 0 Å². The molecule has 0 fully saturated rings. The number of hydrogen-bond acceptors (Lipinski definition) is 3. The van der Waals surface area contributed by atoms with Crippen molar-refractivity contribution in [2.75, 3.05) is 0 Å². The Morgan fingerprint density at radius 3 is 1.72 bits per heavy atom. The molecule has 18 heavy (non-hydrogen) atoms. The van der Waals surface area contributed by atoms with E-state index in [0.29, 0.717) is 5.56 Å². The summed E-state index contributed by atoms with van der Waals surface area (Å²) < 4.78 is 0. The van der Waals surface area contributed by atoms with E-state index in [9.17, 15) is 4.79 Å². The molecule has 0 spiro atoms. The standard InChI is InChI=1S/C15H14N2O/c1-11-3-7-14(8-4-11)16-17-15-9-5-13(6-10-15)12(2)18/h3-10H,1-2H3/b17-16+. The molecule has 0 N–H and O–H groups in total. The number of ketones is 1. The van der Waals surface area contributed by atoms with Gasteiger partial charge in [-0.25, -0.2) is 0 Å². The highest BCUT2D eigenvalue weighted by molar-refractivity contribution is 5.94. The monoisotopic (exact) mass is 238 g/mol. The van der Waals surface area contributed by atoms with Crippen LogP contribution >= 0.6 is 0 Å². The van der Waals surface area contributed by atoms with Crippen molar-refractivity contribution >= 4 is 17.2 Å². The molecule has 3 nitrogen and oxygen atoms in total. The molecule has 2 aromatic carbocycles. The van der Waals surface area contributed by atoms with Crippen LogP contribution in [0.2, 0.25) is 0 Å². The largest absolute Gasteiger partial charge is 0.295 e. The molecule has 2 rings (SSSR count). The zero-order valence-corrected chi connectivity index (χ0v) is 10.4. The fourth-order valence-corrected chi connectivity index (χ4v) is 1.49. The van der Waals surface area contributed by atoms with Crippen LogP contribution in [0.5, 0.6) is 0 Å².